The van der Waals surface area contributed by atoms with Crippen LogP contribution in [-0.2, 0) is 6.54 Å². The molecule has 1 aliphatic rings. The third-order valence-electron chi connectivity index (χ3n) is 4.49. The van der Waals surface area contributed by atoms with Crippen LogP contribution in [0.3, 0.4) is 0 Å². The summed E-state index contributed by atoms with van der Waals surface area (Å²) in [6, 6.07) is 13.1. The number of hydrogen-bond donors (Lipinski definition) is 0. The first-order valence-electron chi connectivity index (χ1n) is 8.32. The molecule has 0 N–H and O–H groups in total. The predicted molar refractivity (Wildman–Crippen MR) is 97.2 cm³/mol. The first-order valence-corrected chi connectivity index (χ1v) is 8.32. The molecule has 25 heavy (non-hydrogen) atoms. The van der Waals surface area contributed by atoms with E-state index in [0.29, 0.717) is 0 Å². The molecule has 0 bridgehead atoms. The van der Waals surface area contributed by atoms with Crippen LogP contribution in [0.5, 0.6) is 0 Å². The minimum Gasteiger partial charge on any atom is -0.340 e. The quantitative estimate of drug-likeness (QED) is 0.712. The van der Waals surface area contributed by atoms with Gasteiger partial charge in [0.2, 0.25) is 0 Å². The molecule has 126 valence electrons. The van der Waals surface area contributed by atoms with E-state index in [2.05, 4.69) is 45.0 Å². The minimum atomic E-state index is -0.215. The maximum absolute atomic E-state index is 13.7. The molecule has 1 aromatic heterocycles. The summed E-state index contributed by atoms with van der Waals surface area (Å²) in [5.41, 5.74) is 5.09. The van der Waals surface area contributed by atoms with Gasteiger partial charge in [0.1, 0.15) is 5.82 Å². The lowest BCUT2D eigenvalue weighted by Crippen LogP contribution is -2.26. The van der Waals surface area contributed by atoms with Crippen LogP contribution in [-0.4, -0.2) is 35.0 Å². The van der Waals surface area contributed by atoms with Gasteiger partial charge in [-0.25, -0.2) is 4.39 Å². The highest BCUT2D eigenvalue weighted by Crippen LogP contribution is 2.34. The molecule has 0 fully saturated rings. The summed E-state index contributed by atoms with van der Waals surface area (Å²) in [6.45, 7) is 2.57. The van der Waals surface area contributed by atoms with Crippen molar-refractivity contribution in [3.63, 3.8) is 0 Å². The zero-order valence-corrected chi connectivity index (χ0v) is 14.1. The van der Waals surface area contributed by atoms with Crippen LogP contribution in [0.2, 0.25) is 0 Å². The molecular formula is C20H19FN4. The fraction of sp³-hybridized carbons (Fsp3) is 0.200. The summed E-state index contributed by atoms with van der Waals surface area (Å²) < 4.78 is 13.7. The Hall–Kier alpha value is -2.79. The lowest BCUT2D eigenvalue weighted by Gasteiger charge is -2.25. The largest absolute Gasteiger partial charge is 0.340 e. The Morgan fingerprint density at radius 1 is 1.04 bits per heavy atom. The number of likely N-dealkylation sites (N-methyl/N-ethyl adjacent to an activating group) is 1. The molecule has 0 radical (unpaired) electrons. The topological polar surface area (TPSA) is 32.3 Å². The molecule has 0 aliphatic carbocycles. The molecule has 3 aromatic rings. The standard InChI is InChI=1S/C20H19FN4/c1-24-9-10-25(18-4-2-3-17(21)12-18)20-6-5-15(11-16(20)14-24)19-13-22-7-8-23-19/h2-8,11-13H,9-10,14H2,1H3. The van der Waals surface area contributed by atoms with Crippen molar-refractivity contribution in [3.8, 4) is 11.3 Å². The average molecular weight is 334 g/mol. The second kappa shape index (κ2) is 6.61. The Bertz CT molecular complexity index is 882. The van der Waals surface area contributed by atoms with E-state index in [9.17, 15) is 4.39 Å². The lowest BCUT2D eigenvalue weighted by atomic mass is 10.0. The van der Waals surface area contributed by atoms with Gasteiger partial charge in [-0.3, -0.25) is 9.97 Å². The second-order valence-electron chi connectivity index (χ2n) is 6.30. The van der Waals surface area contributed by atoms with E-state index in [0.717, 1.165) is 42.3 Å². The maximum Gasteiger partial charge on any atom is 0.125 e. The second-order valence-corrected chi connectivity index (χ2v) is 6.30. The van der Waals surface area contributed by atoms with Crippen molar-refractivity contribution in [2.45, 2.75) is 6.54 Å². The summed E-state index contributed by atoms with van der Waals surface area (Å²) in [5.74, 6) is -0.215. The molecule has 0 atom stereocenters. The van der Waals surface area contributed by atoms with Crippen LogP contribution in [0.4, 0.5) is 15.8 Å². The van der Waals surface area contributed by atoms with E-state index in [1.54, 1.807) is 30.7 Å². The Morgan fingerprint density at radius 3 is 2.76 bits per heavy atom. The van der Waals surface area contributed by atoms with Gasteiger partial charge in [0.15, 0.2) is 0 Å². The zero-order valence-electron chi connectivity index (χ0n) is 14.1. The number of nitrogens with zero attached hydrogens (tertiary/aromatic N) is 4. The van der Waals surface area contributed by atoms with E-state index in [1.807, 2.05) is 6.07 Å². The summed E-state index contributed by atoms with van der Waals surface area (Å²) in [7, 11) is 2.11. The van der Waals surface area contributed by atoms with E-state index in [-0.39, 0.29) is 5.82 Å². The number of anilines is 2. The first kappa shape index (κ1) is 15.7. The number of rotatable bonds is 2. The van der Waals surface area contributed by atoms with Gasteiger partial charge in [0.25, 0.3) is 0 Å². The minimum absolute atomic E-state index is 0.215. The molecule has 0 saturated carbocycles. The molecule has 0 saturated heterocycles. The number of aromatic nitrogens is 2. The molecule has 2 heterocycles. The van der Waals surface area contributed by atoms with Crippen molar-refractivity contribution in [1.82, 2.24) is 14.9 Å². The van der Waals surface area contributed by atoms with Gasteiger partial charge in [-0.1, -0.05) is 12.1 Å². The Balaban J connectivity index is 1.79. The van der Waals surface area contributed by atoms with E-state index < -0.39 is 0 Å². The fourth-order valence-electron chi connectivity index (χ4n) is 3.26. The lowest BCUT2D eigenvalue weighted by molar-refractivity contribution is 0.343. The molecule has 1 aliphatic heterocycles. The Labute approximate surface area is 146 Å². The summed E-state index contributed by atoms with van der Waals surface area (Å²) in [5, 5.41) is 0. The van der Waals surface area contributed by atoms with Crippen LogP contribution in [0.1, 0.15) is 5.56 Å². The van der Waals surface area contributed by atoms with Crippen molar-refractivity contribution in [2.75, 3.05) is 25.0 Å². The zero-order chi connectivity index (χ0) is 17.2. The van der Waals surface area contributed by atoms with Crippen molar-refractivity contribution in [3.05, 3.63) is 72.4 Å². The SMILES string of the molecule is CN1CCN(c2cccc(F)c2)c2ccc(-c3cnccn3)cc2C1. The van der Waals surface area contributed by atoms with Crippen LogP contribution in [0, 0.1) is 5.82 Å². The van der Waals surface area contributed by atoms with Gasteiger partial charge in [-0.05, 0) is 42.9 Å². The number of benzene rings is 2. The third kappa shape index (κ3) is 3.23. The average Bonchev–Trinajstić information content (AvgIpc) is 2.80. The van der Waals surface area contributed by atoms with E-state index in [4.69, 9.17) is 0 Å². The molecule has 0 unspecified atom stereocenters. The highest BCUT2D eigenvalue weighted by Gasteiger charge is 2.20. The van der Waals surface area contributed by atoms with Crippen molar-refractivity contribution < 1.29 is 4.39 Å². The normalized spacial score (nSPS) is 14.9. The van der Waals surface area contributed by atoms with Gasteiger partial charge < -0.3 is 9.80 Å². The van der Waals surface area contributed by atoms with Crippen molar-refractivity contribution in [1.29, 1.82) is 0 Å². The smallest absolute Gasteiger partial charge is 0.125 e. The molecular weight excluding hydrogens is 315 g/mol. The molecule has 4 rings (SSSR count). The monoisotopic (exact) mass is 334 g/mol. The van der Waals surface area contributed by atoms with Crippen LogP contribution < -0.4 is 4.90 Å². The van der Waals surface area contributed by atoms with E-state index >= 15 is 0 Å². The number of fused-ring (bicyclic) bond motifs is 1. The number of hydrogen-bond acceptors (Lipinski definition) is 4. The highest BCUT2D eigenvalue weighted by atomic mass is 19.1. The Kier molecular flexibility index (Phi) is 4.15. The molecule has 0 spiro atoms. The fourth-order valence-corrected chi connectivity index (χ4v) is 3.26. The van der Waals surface area contributed by atoms with E-state index in [1.165, 1.54) is 11.6 Å². The van der Waals surface area contributed by atoms with Crippen LogP contribution >= 0.6 is 0 Å². The summed E-state index contributed by atoms with van der Waals surface area (Å²) >= 11 is 0. The molecule has 0 amide bonds. The van der Waals surface area contributed by atoms with Gasteiger partial charge in [-0.15, -0.1) is 0 Å². The molecule has 2 aromatic carbocycles. The summed E-state index contributed by atoms with van der Waals surface area (Å²) in [4.78, 5) is 13.0. The molecule has 4 nitrogen and oxygen atoms in total. The summed E-state index contributed by atoms with van der Waals surface area (Å²) in [6.07, 6.45) is 5.14. The first-order chi connectivity index (χ1) is 12.2. The third-order valence-corrected chi connectivity index (χ3v) is 4.49. The predicted octanol–water partition coefficient (Wildman–Crippen LogP) is 3.87. The van der Waals surface area contributed by atoms with Crippen LogP contribution in [0.15, 0.2) is 61.1 Å². The van der Waals surface area contributed by atoms with Gasteiger partial charge >= 0.3 is 0 Å². The van der Waals surface area contributed by atoms with Crippen LogP contribution in [0.25, 0.3) is 11.3 Å². The highest BCUT2D eigenvalue weighted by molar-refractivity contribution is 5.72. The Morgan fingerprint density at radius 2 is 1.96 bits per heavy atom. The molecule has 5 heteroatoms. The van der Waals surface area contributed by atoms with Crippen molar-refractivity contribution in [2.24, 2.45) is 0 Å². The van der Waals surface area contributed by atoms with Gasteiger partial charge in [0.05, 0.1) is 11.9 Å². The maximum atomic E-state index is 13.7. The number of halogens is 1. The van der Waals surface area contributed by atoms with Gasteiger partial charge in [0, 0.05) is 49.0 Å². The van der Waals surface area contributed by atoms with Gasteiger partial charge in [-0.2, -0.15) is 0 Å². The van der Waals surface area contributed by atoms with Crippen molar-refractivity contribution >= 4 is 11.4 Å².